The molecule has 5 rings (SSSR count). The second-order valence-electron chi connectivity index (χ2n) is 9.80. The summed E-state index contributed by atoms with van der Waals surface area (Å²) in [5.74, 6) is -0.765. The quantitative estimate of drug-likeness (QED) is 0.217. The zero-order chi connectivity index (χ0) is 31.4. The fraction of sp³-hybridized carbons (Fsp3) is 0.125. The molecule has 4 aromatic carbocycles. The van der Waals surface area contributed by atoms with Crippen molar-refractivity contribution in [1.82, 2.24) is 5.32 Å². The van der Waals surface area contributed by atoms with Gasteiger partial charge in [-0.1, -0.05) is 76.8 Å². The molecule has 1 aliphatic heterocycles. The second-order valence-corrected chi connectivity index (χ2v) is 11.1. The number of hydrazone groups is 1. The Balaban J connectivity index is 1.33. The van der Waals surface area contributed by atoms with Crippen LogP contribution in [0.25, 0.3) is 0 Å². The van der Waals surface area contributed by atoms with Gasteiger partial charge < -0.3 is 20.1 Å². The Morgan fingerprint density at radius 1 is 0.886 bits per heavy atom. The summed E-state index contributed by atoms with van der Waals surface area (Å²) in [7, 11) is 0. The van der Waals surface area contributed by atoms with Gasteiger partial charge in [-0.15, -0.1) is 5.10 Å². The number of carbonyl (C=O) groups excluding carboxylic acids is 3. The number of nitrogens with zero attached hydrogens (tertiary/aromatic N) is 2. The van der Waals surface area contributed by atoms with Gasteiger partial charge in [-0.2, -0.15) is 5.01 Å². The minimum absolute atomic E-state index is 0.0793. The summed E-state index contributed by atoms with van der Waals surface area (Å²) in [4.78, 5) is 39.5. The second kappa shape index (κ2) is 13.4. The summed E-state index contributed by atoms with van der Waals surface area (Å²) in [5.41, 5.74) is 2.65. The van der Waals surface area contributed by atoms with Crippen molar-refractivity contribution in [3.05, 3.63) is 117 Å². The molecule has 0 fully saturated rings. The van der Waals surface area contributed by atoms with E-state index in [1.165, 1.54) is 18.2 Å². The van der Waals surface area contributed by atoms with Gasteiger partial charge in [-0.3, -0.25) is 14.4 Å². The number of hydrogen-bond acceptors (Lipinski definition) is 6. The molecule has 0 spiro atoms. The van der Waals surface area contributed by atoms with Crippen LogP contribution in [0, 0.1) is 13.8 Å². The van der Waals surface area contributed by atoms with E-state index in [0.29, 0.717) is 17.2 Å². The molecule has 3 amide bonds. The van der Waals surface area contributed by atoms with Crippen LogP contribution in [-0.4, -0.2) is 36.3 Å². The van der Waals surface area contributed by atoms with Gasteiger partial charge in [0, 0.05) is 16.3 Å². The number of hydrogen-bond donors (Lipinski definition) is 2. The fourth-order valence-electron chi connectivity index (χ4n) is 4.39. The van der Waals surface area contributed by atoms with E-state index in [0.717, 1.165) is 16.1 Å². The highest BCUT2D eigenvalue weighted by Gasteiger charge is 2.41. The van der Waals surface area contributed by atoms with Gasteiger partial charge in [0.2, 0.25) is 6.10 Å². The van der Waals surface area contributed by atoms with Crippen molar-refractivity contribution in [3.63, 3.8) is 0 Å². The Kier molecular flexibility index (Phi) is 9.39. The largest absolute Gasteiger partial charge is 0.483 e. The van der Waals surface area contributed by atoms with Crippen LogP contribution in [0.2, 0.25) is 15.1 Å². The molecule has 0 bridgehead atoms. The van der Waals surface area contributed by atoms with Crippen LogP contribution in [0.3, 0.4) is 0 Å². The lowest BCUT2D eigenvalue weighted by atomic mass is 10.1. The average molecular weight is 652 g/mol. The lowest BCUT2D eigenvalue weighted by molar-refractivity contribution is -0.122. The SMILES string of the molecule is Cc1ccc(OCC(=O)Nc2cccc(C(=O)NC3=NN(c4c(Cl)cc(Cl)cc4Cl)C(=O)C3Oc3ccccc3)c2)c(C)c1. The normalized spacial score (nSPS) is 14.2. The zero-order valence-corrected chi connectivity index (χ0v) is 25.7. The molecule has 224 valence electrons. The summed E-state index contributed by atoms with van der Waals surface area (Å²) in [5, 5.41) is 11.1. The van der Waals surface area contributed by atoms with E-state index >= 15 is 0 Å². The maximum atomic E-state index is 13.5. The number of carbonyl (C=O) groups is 3. The smallest absolute Gasteiger partial charge is 0.296 e. The number of para-hydroxylation sites is 1. The van der Waals surface area contributed by atoms with Crippen LogP contribution in [0.1, 0.15) is 21.5 Å². The third-order valence-corrected chi connectivity index (χ3v) is 7.21. The van der Waals surface area contributed by atoms with Gasteiger partial charge in [0.25, 0.3) is 17.7 Å². The summed E-state index contributed by atoms with van der Waals surface area (Å²) in [6.45, 7) is 3.66. The van der Waals surface area contributed by atoms with Crippen molar-refractivity contribution in [3.8, 4) is 11.5 Å². The highest BCUT2D eigenvalue weighted by Crippen LogP contribution is 2.38. The van der Waals surface area contributed by atoms with Crippen molar-refractivity contribution >= 4 is 69.7 Å². The van der Waals surface area contributed by atoms with E-state index < -0.39 is 23.8 Å². The first-order valence-corrected chi connectivity index (χ1v) is 14.4. The molecule has 2 N–H and O–H groups in total. The average Bonchev–Trinajstić information content (AvgIpc) is 3.26. The standard InChI is InChI=1S/C32H25Cl3N4O5/c1-18-11-12-26(19(2)13-18)43-17-27(40)36-22-8-6-7-20(14-22)31(41)37-30-29(44-23-9-4-3-5-10-23)32(42)39(38-30)28-24(34)15-21(33)16-25(28)35/h3-16,29H,17H2,1-2H3,(H,36,40)(H,37,38,41). The monoisotopic (exact) mass is 650 g/mol. The number of amidine groups is 1. The van der Waals surface area contributed by atoms with Gasteiger partial charge in [-0.05, 0) is 67.9 Å². The first-order chi connectivity index (χ1) is 21.1. The molecule has 1 heterocycles. The van der Waals surface area contributed by atoms with E-state index in [1.807, 2.05) is 32.0 Å². The first-order valence-electron chi connectivity index (χ1n) is 13.3. The lowest BCUT2D eigenvalue weighted by Gasteiger charge is -2.18. The number of amides is 3. The van der Waals surface area contributed by atoms with Crippen LogP contribution < -0.4 is 25.1 Å². The minimum atomic E-state index is -1.32. The molecule has 1 unspecified atom stereocenters. The van der Waals surface area contributed by atoms with E-state index in [1.54, 1.807) is 48.5 Å². The summed E-state index contributed by atoms with van der Waals surface area (Å²) in [6.07, 6.45) is -1.32. The zero-order valence-electron chi connectivity index (χ0n) is 23.4. The predicted molar refractivity (Wildman–Crippen MR) is 171 cm³/mol. The van der Waals surface area contributed by atoms with Crippen molar-refractivity contribution in [1.29, 1.82) is 0 Å². The molecule has 44 heavy (non-hydrogen) atoms. The molecule has 0 saturated carbocycles. The fourth-order valence-corrected chi connectivity index (χ4v) is 5.37. The molecule has 0 saturated heterocycles. The number of anilines is 2. The third-order valence-electron chi connectivity index (χ3n) is 6.42. The number of rotatable bonds is 8. The summed E-state index contributed by atoms with van der Waals surface area (Å²) >= 11 is 18.8. The number of ether oxygens (including phenoxy) is 2. The molecule has 0 radical (unpaired) electrons. The minimum Gasteiger partial charge on any atom is -0.483 e. The number of nitrogens with one attached hydrogen (secondary N) is 2. The summed E-state index contributed by atoms with van der Waals surface area (Å²) in [6, 6.07) is 23.4. The molecule has 1 aliphatic rings. The first kappa shape index (κ1) is 30.9. The highest BCUT2D eigenvalue weighted by molar-refractivity contribution is 6.43. The van der Waals surface area contributed by atoms with Crippen molar-refractivity contribution in [2.75, 3.05) is 16.9 Å². The van der Waals surface area contributed by atoms with Gasteiger partial charge in [0.15, 0.2) is 12.4 Å². The maximum Gasteiger partial charge on any atom is 0.296 e. The van der Waals surface area contributed by atoms with Gasteiger partial charge >= 0.3 is 0 Å². The molecular weight excluding hydrogens is 627 g/mol. The third kappa shape index (κ3) is 7.14. The van der Waals surface area contributed by atoms with Crippen LogP contribution >= 0.6 is 34.8 Å². The van der Waals surface area contributed by atoms with E-state index in [2.05, 4.69) is 15.7 Å². The van der Waals surface area contributed by atoms with E-state index in [4.69, 9.17) is 44.3 Å². The van der Waals surface area contributed by atoms with E-state index in [9.17, 15) is 14.4 Å². The maximum absolute atomic E-state index is 13.5. The van der Waals surface area contributed by atoms with Crippen LogP contribution in [-0.2, 0) is 9.59 Å². The Morgan fingerprint density at radius 2 is 1.61 bits per heavy atom. The predicted octanol–water partition coefficient (Wildman–Crippen LogP) is 6.82. The molecule has 0 aliphatic carbocycles. The van der Waals surface area contributed by atoms with Crippen molar-refractivity contribution in [2.45, 2.75) is 20.0 Å². The van der Waals surface area contributed by atoms with Gasteiger partial charge in [-0.25, -0.2) is 0 Å². The topological polar surface area (TPSA) is 109 Å². The van der Waals surface area contributed by atoms with Crippen molar-refractivity contribution < 1.29 is 23.9 Å². The molecule has 12 heteroatoms. The Hall–Kier alpha value is -4.57. The van der Waals surface area contributed by atoms with Crippen LogP contribution in [0.5, 0.6) is 11.5 Å². The molecule has 4 aromatic rings. The number of halogens is 3. The van der Waals surface area contributed by atoms with Crippen LogP contribution in [0.4, 0.5) is 11.4 Å². The molecular formula is C32H25Cl3N4O5. The lowest BCUT2D eigenvalue weighted by Crippen LogP contribution is -2.44. The van der Waals surface area contributed by atoms with Crippen LogP contribution in [0.15, 0.2) is 90.0 Å². The highest BCUT2D eigenvalue weighted by atomic mass is 35.5. The Labute approximate surface area is 268 Å². The summed E-state index contributed by atoms with van der Waals surface area (Å²) < 4.78 is 11.6. The Bertz CT molecular complexity index is 1760. The molecule has 9 nitrogen and oxygen atoms in total. The number of aryl methyl sites for hydroxylation is 2. The molecule has 1 atom stereocenters. The van der Waals surface area contributed by atoms with Crippen molar-refractivity contribution in [2.24, 2.45) is 5.10 Å². The molecule has 0 aromatic heterocycles. The van der Waals surface area contributed by atoms with E-state index in [-0.39, 0.29) is 38.8 Å². The van der Waals surface area contributed by atoms with Gasteiger partial charge in [0.1, 0.15) is 17.2 Å². The number of benzene rings is 4. The Morgan fingerprint density at radius 3 is 2.32 bits per heavy atom. The van der Waals surface area contributed by atoms with Gasteiger partial charge in [0.05, 0.1) is 10.0 Å².